The molecular formula is C80H52N2O. The Kier molecular flexibility index (Phi) is 11.5. The lowest BCUT2D eigenvalue weighted by Gasteiger charge is -2.27. The Balaban J connectivity index is 0.765. The maximum absolute atomic E-state index is 6.56. The van der Waals surface area contributed by atoms with E-state index in [1.807, 2.05) is 6.07 Å². The normalized spacial score (nSPS) is 11.6. The molecule has 0 radical (unpaired) electrons. The van der Waals surface area contributed by atoms with Gasteiger partial charge in [0.1, 0.15) is 11.2 Å². The number of furan rings is 1. The van der Waals surface area contributed by atoms with Gasteiger partial charge < -0.3 is 14.2 Å². The Morgan fingerprint density at radius 3 is 1.24 bits per heavy atom. The first kappa shape index (κ1) is 48.0. The van der Waals surface area contributed by atoms with Crippen LogP contribution in [-0.4, -0.2) is 0 Å². The van der Waals surface area contributed by atoms with E-state index in [0.717, 1.165) is 83.9 Å². The summed E-state index contributed by atoms with van der Waals surface area (Å²) in [6, 6.07) is 115. The summed E-state index contributed by atoms with van der Waals surface area (Å²) in [6.07, 6.45) is 0. The minimum atomic E-state index is 0.902. The van der Waals surface area contributed by atoms with Crippen LogP contribution in [0.1, 0.15) is 0 Å². The van der Waals surface area contributed by atoms with Gasteiger partial charge in [0.05, 0.1) is 5.69 Å². The smallest absolute Gasteiger partial charge is 0.143 e. The Labute approximate surface area is 481 Å². The van der Waals surface area contributed by atoms with Crippen molar-refractivity contribution in [3.63, 3.8) is 0 Å². The van der Waals surface area contributed by atoms with Gasteiger partial charge in [-0.05, 0) is 166 Å². The van der Waals surface area contributed by atoms with E-state index in [2.05, 4.69) is 319 Å². The zero-order valence-electron chi connectivity index (χ0n) is 45.3. The zero-order chi connectivity index (χ0) is 54.8. The van der Waals surface area contributed by atoms with Gasteiger partial charge in [-0.15, -0.1) is 0 Å². The van der Waals surface area contributed by atoms with Gasteiger partial charge in [-0.3, -0.25) is 0 Å². The highest BCUT2D eigenvalue weighted by atomic mass is 16.3. The van der Waals surface area contributed by atoms with E-state index in [0.29, 0.717) is 0 Å². The third-order valence-electron chi connectivity index (χ3n) is 16.9. The van der Waals surface area contributed by atoms with Crippen molar-refractivity contribution in [2.45, 2.75) is 0 Å². The van der Waals surface area contributed by atoms with E-state index in [1.165, 1.54) is 70.6 Å². The largest absolute Gasteiger partial charge is 0.455 e. The van der Waals surface area contributed by atoms with Crippen LogP contribution in [0.15, 0.2) is 320 Å². The van der Waals surface area contributed by atoms with Crippen LogP contribution >= 0.6 is 0 Å². The predicted molar refractivity (Wildman–Crippen MR) is 352 cm³/mol. The Morgan fingerprint density at radius 1 is 0.205 bits per heavy atom. The van der Waals surface area contributed by atoms with E-state index in [4.69, 9.17) is 4.42 Å². The molecule has 0 aliphatic carbocycles. The van der Waals surface area contributed by atoms with Gasteiger partial charge in [0.2, 0.25) is 0 Å². The fourth-order valence-corrected chi connectivity index (χ4v) is 12.9. The molecule has 1 heterocycles. The third-order valence-corrected chi connectivity index (χ3v) is 16.9. The second-order valence-electron chi connectivity index (χ2n) is 21.5. The van der Waals surface area contributed by atoms with Crippen molar-refractivity contribution in [3.05, 3.63) is 315 Å². The first-order valence-corrected chi connectivity index (χ1v) is 28.5. The van der Waals surface area contributed by atoms with Gasteiger partial charge in [-0.25, -0.2) is 0 Å². The molecule has 0 aliphatic heterocycles. The molecule has 0 spiro atoms. The van der Waals surface area contributed by atoms with Crippen LogP contribution in [0.4, 0.5) is 34.1 Å². The molecule has 16 rings (SSSR count). The summed E-state index contributed by atoms with van der Waals surface area (Å²) < 4.78 is 6.56. The standard InChI is InChI=1S/C80H52N2O/c1-2-18-59(19-3-1)82(78-30-14-17-56-16-4-5-20-65(56)78)63-45-34-54(35-46-63)53-32-41-60(42-33-53)81(61-43-36-55(37-44-61)58-40-49-73-70-25-9-8-23-68(70)69-24-10-11-26-71(69)77(73)52-58)62-47-38-57(39-48-62)64-50-51-72(67-22-7-6-21-66(64)67)75-28-15-29-76-74-27-12-13-31-79(74)83-80(75)76/h1-52H. The van der Waals surface area contributed by atoms with Crippen LogP contribution in [0.5, 0.6) is 0 Å². The van der Waals surface area contributed by atoms with Crippen LogP contribution < -0.4 is 9.80 Å². The summed E-state index contributed by atoms with van der Waals surface area (Å²) in [5.41, 5.74) is 17.6. The number of hydrogen-bond acceptors (Lipinski definition) is 3. The fraction of sp³-hybridized carbons (Fsp3) is 0. The number of rotatable bonds is 10. The predicted octanol–water partition coefficient (Wildman–Crippen LogP) is 23.0. The first-order chi connectivity index (χ1) is 41.2. The highest BCUT2D eigenvalue weighted by Crippen LogP contribution is 2.45. The first-order valence-electron chi connectivity index (χ1n) is 28.5. The molecule has 0 N–H and O–H groups in total. The van der Waals surface area contributed by atoms with Gasteiger partial charge >= 0.3 is 0 Å². The molecule has 3 nitrogen and oxygen atoms in total. The SMILES string of the molecule is c1ccc(N(c2ccc(-c3ccc(N(c4ccc(-c5ccc6c7ccccc7c7ccccc7c6c5)cc4)c4ccc(-c5ccc(-c6cccc7c6oc6ccccc67)c6ccccc56)cc4)cc3)cc2)c2cccc3ccccc23)cc1. The number of fused-ring (bicyclic) bond motifs is 11. The average molecular weight is 1060 g/mol. The van der Waals surface area contributed by atoms with Gasteiger partial charge in [-0.2, -0.15) is 0 Å². The quantitative estimate of drug-likeness (QED) is 0.127. The van der Waals surface area contributed by atoms with E-state index >= 15 is 0 Å². The average Bonchev–Trinajstić information content (AvgIpc) is 4.05. The van der Waals surface area contributed by atoms with Crippen molar-refractivity contribution in [3.8, 4) is 44.5 Å². The molecule has 16 aromatic rings. The van der Waals surface area contributed by atoms with Crippen LogP contribution in [-0.2, 0) is 0 Å². The maximum atomic E-state index is 6.56. The van der Waals surface area contributed by atoms with Gasteiger partial charge in [-0.1, -0.05) is 237 Å². The molecular weight excluding hydrogens is 1000 g/mol. The number of hydrogen-bond donors (Lipinski definition) is 0. The summed E-state index contributed by atoms with van der Waals surface area (Å²) in [5, 5.41) is 14.7. The van der Waals surface area contributed by atoms with Crippen LogP contribution in [0.25, 0.3) is 120 Å². The molecule has 0 unspecified atom stereocenters. The van der Waals surface area contributed by atoms with E-state index in [1.54, 1.807) is 0 Å². The molecule has 0 saturated heterocycles. The minimum Gasteiger partial charge on any atom is -0.455 e. The second kappa shape index (κ2) is 20.0. The van der Waals surface area contributed by atoms with Crippen molar-refractivity contribution >= 4 is 110 Å². The van der Waals surface area contributed by atoms with Gasteiger partial charge in [0, 0.05) is 50.2 Å². The van der Waals surface area contributed by atoms with E-state index in [-0.39, 0.29) is 0 Å². The molecule has 0 atom stereocenters. The van der Waals surface area contributed by atoms with Crippen LogP contribution in [0.2, 0.25) is 0 Å². The lowest BCUT2D eigenvalue weighted by atomic mass is 9.91. The summed E-state index contributed by atoms with van der Waals surface area (Å²) in [6.45, 7) is 0. The number of nitrogens with zero attached hydrogens (tertiary/aromatic N) is 2. The number of para-hydroxylation sites is 3. The monoisotopic (exact) mass is 1060 g/mol. The lowest BCUT2D eigenvalue weighted by Crippen LogP contribution is -2.10. The minimum absolute atomic E-state index is 0.902. The van der Waals surface area contributed by atoms with Crippen molar-refractivity contribution in [1.82, 2.24) is 0 Å². The lowest BCUT2D eigenvalue weighted by molar-refractivity contribution is 0.670. The highest BCUT2D eigenvalue weighted by molar-refractivity contribution is 6.26. The van der Waals surface area contributed by atoms with Crippen molar-refractivity contribution in [2.24, 2.45) is 0 Å². The molecule has 0 aliphatic rings. The number of benzene rings is 15. The molecule has 1 aromatic heterocycles. The molecule has 0 fully saturated rings. The molecule has 83 heavy (non-hydrogen) atoms. The Hall–Kier alpha value is -11.0. The van der Waals surface area contributed by atoms with E-state index in [9.17, 15) is 0 Å². The molecule has 0 bridgehead atoms. The molecule has 0 amide bonds. The summed E-state index contributed by atoms with van der Waals surface area (Å²) in [5.74, 6) is 0. The molecule has 0 saturated carbocycles. The Morgan fingerprint density at radius 2 is 0.614 bits per heavy atom. The summed E-state index contributed by atoms with van der Waals surface area (Å²) in [7, 11) is 0. The van der Waals surface area contributed by atoms with Gasteiger partial charge in [0.15, 0.2) is 0 Å². The fourth-order valence-electron chi connectivity index (χ4n) is 12.9. The highest BCUT2D eigenvalue weighted by Gasteiger charge is 2.20. The topological polar surface area (TPSA) is 19.6 Å². The molecule has 388 valence electrons. The molecule has 3 heteroatoms. The van der Waals surface area contributed by atoms with Crippen molar-refractivity contribution in [1.29, 1.82) is 0 Å². The summed E-state index contributed by atoms with van der Waals surface area (Å²) >= 11 is 0. The second-order valence-corrected chi connectivity index (χ2v) is 21.5. The van der Waals surface area contributed by atoms with Crippen LogP contribution in [0.3, 0.4) is 0 Å². The van der Waals surface area contributed by atoms with Crippen LogP contribution in [0, 0.1) is 0 Å². The van der Waals surface area contributed by atoms with Gasteiger partial charge in [0.25, 0.3) is 0 Å². The Bertz CT molecular complexity index is 5080. The zero-order valence-corrected chi connectivity index (χ0v) is 45.3. The van der Waals surface area contributed by atoms with Crippen molar-refractivity contribution < 1.29 is 4.42 Å². The maximum Gasteiger partial charge on any atom is 0.143 e. The van der Waals surface area contributed by atoms with Crippen molar-refractivity contribution in [2.75, 3.05) is 9.80 Å². The number of anilines is 6. The van der Waals surface area contributed by atoms with E-state index < -0.39 is 0 Å². The summed E-state index contributed by atoms with van der Waals surface area (Å²) in [4.78, 5) is 4.73. The molecule has 15 aromatic carbocycles. The third kappa shape index (κ3) is 8.28.